The fourth-order valence-corrected chi connectivity index (χ4v) is 3.03. The van der Waals surface area contributed by atoms with Gasteiger partial charge in [-0.15, -0.1) is 10.2 Å². The third-order valence-electron chi connectivity index (χ3n) is 3.23. The maximum absolute atomic E-state index is 5.53. The van der Waals surface area contributed by atoms with Crippen molar-refractivity contribution in [2.45, 2.75) is 26.8 Å². The van der Waals surface area contributed by atoms with Crippen molar-refractivity contribution in [2.24, 2.45) is 5.92 Å². The van der Waals surface area contributed by atoms with E-state index in [4.69, 9.17) is 4.74 Å². The zero-order chi connectivity index (χ0) is 13.9. The molecule has 3 rings (SSSR count). The molecule has 0 aliphatic carbocycles. The van der Waals surface area contributed by atoms with Gasteiger partial charge < -0.3 is 10.1 Å². The summed E-state index contributed by atoms with van der Waals surface area (Å²) < 4.78 is 5.53. The summed E-state index contributed by atoms with van der Waals surface area (Å²) in [7, 11) is 0. The number of benzene rings is 1. The van der Waals surface area contributed by atoms with Crippen LogP contribution in [0.4, 0.5) is 0 Å². The molecule has 0 atom stereocenters. The Morgan fingerprint density at radius 1 is 1.35 bits per heavy atom. The second kappa shape index (κ2) is 5.89. The fourth-order valence-electron chi connectivity index (χ4n) is 2.23. The summed E-state index contributed by atoms with van der Waals surface area (Å²) in [5.41, 5.74) is 2.42. The molecule has 0 saturated carbocycles. The quantitative estimate of drug-likeness (QED) is 0.919. The van der Waals surface area contributed by atoms with Gasteiger partial charge in [0.1, 0.15) is 15.8 Å². The minimum atomic E-state index is 0.652. The average Bonchev–Trinajstić information content (AvgIpc) is 3.05. The summed E-state index contributed by atoms with van der Waals surface area (Å²) in [4.78, 5) is 0. The van der Waals surface area contributed by atoms with E-state index in [-0.39, 0.29) is 0 Å². The molecule has 0 radical (unpaired) electrons. The third kappa shape index (κ3) is 2.99. The molecule has 5 heteroatoms. The summed E-state index contributed by atoms with van der Waals surface area (Å²) >= 11 is 1.66. The van der Waals surface area contributed by atoms with Gasteiger partial charge in [0.15, 0.2) is 0 Å². The van der Waals surface area contributed by atoms with Crippen molar-refractivity contribution in [1.82, 2.24) is 15.5 Å². The highest BCUT2D eigenvalue weighted by Crippen LogP contribution is 2.31. The van der Waals surface area contributed by atoms with Crippen molar-refractivity contribution in [2.75, 3.05) is 13.2 Å². The number of fused-ring (bicyclic) bond motifs is 1. The number of nitrogens with zero attached hydrogens (tertiary/aromatic N) is 2. The molecule has 0 spiro atoms. The van der Waals surface area contributed by atoms with Crippen LogP contribution in [0.3, 0.4) is 0 Å². The molecule has 1 aromatic carbocycles. The van der Waals surface area contributed by atoms with Crippen LogP contribution in [0.25, 0.3) is 10.6 Å². The maximum Gasteiger partial charge on any atom is 0.147 e. The SMILES string of the molecule is CC(C)CNCc1nnc(-c2ccc3c(c2)CCO3)s1. The number of aromatic nitrogens is 2. The Morgan fingerprint density at radius 2 is 2.25 bits per heavy atom. The first-order valence-corrected chi connectivity index (χ1v) is 7.83. The van der Waals surface area contributed by atoms with Gasteiger partial charge in [0.25, 0.3) is 0 Å². The summed E-state index contributed by atoms with van der Waals surface area (Å²) in [5.74, 6) is 1.66. The van der Waals surface area contributed by atoms with Crippen molar-refractivity contribution >= 4 is 11.3 Å². The topological polar surface area (TPSA) is 47.0 Å². The lowest BCUT2D eigenvalue weighted by atomic mass is 10.1. The smallest absolute Gasteiger partial charge is 0.147 e. The lowest BCUT2D eigenvalue weighted by molar-refractivity contribution is 0.357. The predicted octanol–water partition coefficient (Wildman–Crippen LogP) is 2.89. The predicted molar refractivity (Wildman–Crippen MR) is 81.1 cm³/mol. The maximum atomic E-state index is 5.53. The van der Waals surface area contributed by atoms with E-state index in [1.807, 2.05) is 6.07 Å². The molecule has 0 unspecified atom stereocenters. The molecule has 106 valence electrons. The van der Waals surface area contributed by atoms with E-state index >= 15 is 0 Å². The lowest BCUT2D eigenvalue weighted by Gasteiger charge is -2.04. The second-order valence-electron chi connectivity index (χ2n) is 5.45. The van der Waals surface area contributed by atoms with E-state index in [1.165, 1.54) is 5.56 Å². The number of hydrogen-bond donors (Lipinski definition) is 1. The van der Waals surface area contributed by atoms with Crippen LogP contribution in [-0.2, 0) is 13.0 Å². The normalized spacial score (nSPS) is 13.6. The first-order valence-electron chi connectivity index (χ1n) is 7.01. The second-order valence-corrected chi connectivity index (χ2v) is 6.51. The highest BCUT2D eigenvalue weighted by molar-refractivity contribution is 7.14. The fraction of sp³-hybridized carbons (Fsp3) is 0.467. The molecule has 1 aliphatic heterocycles. The number of nitrogens with one attached hydrogen (secondary N) is 1. The van der Waals surface area contributed by atoms with Crippen LogP contribution in [0.1, 0.15) is 24.4 Å². The van der Waals surface area contributed by atoms with E-state index in [9.17, 15) is 0 Å². The van der Waals surface area contributed by atoms with E-state index in [0.29, 0.717) is 5.92 Å². The molecule has 0 bridgehead atoms. The lowest BCUT2D eigenvalue weighted by Crippen LogP contribution is -2.18. The van der Waals surface area contributed by atoms with Gasteiger partial charge in [0.05, 0.1) is 6.61 Å². The summed E-state index contributed by atoms with van der Waals surface area (Å²) in [5, 5.41) is 14.0. The van der Waals surface area contributed by atoms with Crippen LogP contribution >= 0.6 is 11.3 Å². The van der Waals surface area contributed by atoms with Gasteiger partial charge in [-0.3, -0.25) is 0 Å². The van der Waals surface area contributed by atoms with Crippen molar-refractivity contribution in [3.05, 3.63) is 28.8 Å². The highest BCUT2D eigenvalue weighted by atomic mass is 32.1. The van der Waals surface area contributed by atoms with E-state index in [0.717, 1.165) is 47.4 Å². The zero-order valence-electron chi connectivity index (χ0n) is 11.8. The third-order valence-corrected chi connectivity index (χ3v) is 4.20. The zero-order valence-corrected chi connectivity index (χ0v) is 12.7. The van der Waals surface area contributed by atoms with Crippen LogP contribution < -0.4 is 10.1 Å². The molecular weight excluding hydrogens is 270 g/mol. The Morgan fingerprint density at radius 3 is 3.10 bits per heavy atom. The number of hydrogen-bond acceptors (Lipinski definition) is 5. The Balaban J connectivity index is 1.70. The largest absolute Gasteiger partial charge is 0.493 e. The van der Waals surface area contributed by atoms with Gasteiger partial charge in [0, 0.05) is 18.5 Å². The molecule has 2 heterocycles. The Kier molecular flexibility index (Phi) is 3.98. The number of rotatable bonds is 5. The first-order chi connectivity index (χ1) is 9.72. The van der Waals surface area contributed by atoms with Crippen molar-refractivity contribution in [3.63, 3.8) is 0 Å². The van der Waals surface area contributed by atoms with Gasteiger partial charge >= 0.3 is 0 Å². The van der Waals surface area contributed by atoms with Gasteiger partial charge in [-0.05, 0) is 36.2 Å². The van der Waals surface area contributed by atoms with Crippen molar-refractivity contribution in [1.29, 1.82) is 0 Å². The summed E-state index contributed by atoms with van der Waals surface area (Å²) in [6.45, 7) is 6.99. The van der Waals surface area contributed by atoms with Crippen LogP contribution in [0.2, 0.25) is 0 Å². The summed E-state index contributed by atoms with van der Waals surface area (Å²) in [6.07, 6.45) is 0.991. The molecule has 2 aromatic rings. The first kappa shape index (κ1) is 13.5. The van der Waals surface area contributed by atoms with Crippen LogP contribution in [-0.4, -0.2) is 23.3 Å². The Bertz CT molecular complexity index is 595. The van der Waals surface area contributed by atoms with Crippen LogP contribution in [0, 0.1) is 5.92 Å². The Hall–Kier alpha value is -1.46. The standard InChI is InChI=1S/C15H19N3OS/c1-10(2)8-16-9-14-17-18-15(20-14)12-3-4-13-11(7-12)5-6-19-13/h3-4,7,10,16H,5-6,8-9H2,1-2H3. The molecule has 1 aromatic heterocycles. The molecule has 20 heavy (non-hydrogen) atoms. The molecule has 0 amide bonds. The minimum Gasteiger partial charge on any atom is -0.493 e. The van der Waals surface area contributed by atoms with Crippen molar-refractivity contribution in [3.8, 4) is 16.3 Å². The van der Waals surface area contributed by atoms with Gasteiger partial charge in [-0.2, -0.15) is 0 Å². The molecule has 1 aliphatic rings. The molecule has 4 nitrogen and oxygen atoms in total. The molecule has 1 N–H and O–H groups in total. The van der Waals surface area contributed by atoms with Crippen LogP contribution in [0.5, 0.6) is 5.75 Å². The molecular formula is C15H19N3OS. The average molecular weight is 289 g/mol. The highest BCUT2D eigenvalue weighted by Gasteiger charge is 2.14. The summed E-state index contributed by atoms with van der Waals surface area (Å²) in [6, 6.07) is 6.28. The van der Waals surface area contributed by atoms with E-state index in [1.54, 1.807) is 11.3 Å². The van der Waals surface area contributed by atoms with E-state index in [2.05, 4.69) is 41.5 Å². The van der Waals surface area contributed by atoms with Crippen LogP contribution in [0.15, 0.2) is 18.2 Å². The van der Waals surface area contributed by atoms with Gasteiger partial charge in [0.2, 0.25) is 0 Å². The van der Waals surface area contributed by atoms with Crippen molar-refractivity contribution < 1.29 is 4.74 Å². The molecule has 0 fully saturated rings. The Labute approximate surface area is 123 Å². The molecule has 0 saturated heterocycles. The number of ether oxygens (including phenoxy) is 1. The minimum absolute atomic E-state index is 0.652. The van der Waals surface area contributed by atoms with E-state index < -0.39 is 0 Å². The van der Waals surface area contributed by atoms with Gasteiger partial charge in [-0.1, -0.05) is 25.2 Å². The van der Waals surface area contributed by atoms with Gasteiger partial charge in [-0.25, -0.2) is 0 Å². The monoisotopic (exact) mass is 289 g/mol.